The zero-order valence-electron chi connectivity index (χ0n) is 9.60. The first kappa shape index (κ1) is 11.7. The topological polar surface area (TPSA) is 61.4 Å². The number of nitrogens with one attached hydrogen (secondary N) is 1. The minimum absolute atomic E-state index is 0.0974. The summed E-state index contributed by atoms with van der Waals surface area (Å²) in [5.74, 6) is -0.429. The molecule has 0 spiro atoms. The SMILES string of the molecule is CCC1(CC(=O)[O-])C=C(c2ccccc2)ON1. The summed E-state index contributed by atoms with van der Waals surface area (Å²) in [5.41, 5.74) is 3.05. The van der Waals surface area contributed by atoms with Gasteiger partial charge in [0.25, 0.3) is 0 Å². The minimum atomic E-state index is -1.09. The van der Waals surface area contributed by atoms with E-state index in [2.05, 4.69) is 5.48 Å². The van der Waals surface area contributed by atoms with Crippen LogP contribution < -0.4 is 10.6 Å². The van der Waals surface area contributed by atoms with Gasteiger partial charge in [-0.2, -0.15) is 0 Å². The van der Waals surface area contributed by atoms with Crippen LogP contribution in [0.15, 0.2) is 36.4 Å². The van der Waals surface area contributed by atoms with Gasteiger partial charge in [0, 0.05) is 18.0 Å². The van der Waals surface area contributed by atoms with Gasteiger partial charge >= 0.3 is 0 Å². The molecule has 4 heteroatoms. The first-order valence-corrected chi connectivity index (χ1v) is 5.57. The normalized spacial score (nSPS) is 23.0. The second kappa shape index (κ2) is 4.59. The molecule has 90 valence electrons. The first-order valence-electron chi connectivity index (χ1n) is 5.57. The number of benzene rings is 1. The lowest BCUT2D eigenvalue weighted by Crippen LogP contribution is -2.43. The van der Waals surface area contributed by atoms with Crippen molar-refractivity contribution in [1.29, 1.82) is 0 Å². The number of carbonyl (C=O) groups excluding carboxylic acids is 1. The van der Waals surface area contributed by atoms with E-state index in [4.69, 9.17) is 4.84 Å². The molecule has 0 amide bonds. The second-order valence-electron chi connectivity index (χ2n) is 4.14. The average molecular weight is 232 g/mol. The first-order chi connectivity index (χ1) is 8.15. The third-order valence-electron chi connectivity index (χ3n) is 2.92. The lowest BCUT2D eigenvalue weighted by molar-refractivity contribution is -0.307. The van der Waals surface area contributed by atoms with E-state index < -0.39 is 11.5 Å². The van der Waals surface area contributed by atoms with Gasteiger partial charge in [0.2, 0.25) is 0 Å². The van der Waals surface area contributed by atoms with E-state index in [1.807, 2.05) is 43.3 Å². The van der Waals surface area contributed by atoms with Gasteiger partial charge in [-0.1, -0.05) is 37.3 Å². The van der Waals surface area contributed by atoms with Crippen molar-refractivity contribution < 1.29 is 14.7 Å². The van der Waals surface area contributed by atoms with Crippen LogP contribution in [0.1, 0.15) is 25.3 Å². The van der Waals surface area contributed by atoms with E-state index in [0.717, 1.165) is 5.56 Å². The molecule has 1 aromatic rings. The van der Waals surface area contributed by atoms with Crippen LogP contribution >= 0.6 is 0 Å². The standard InChI is InChI=1S/C13H15NO3/c1-2-13(9-12(15)16)8-11(17-14-13)10-6-4-3-5-7-10/h3-8,14H,2,9H2,1H3,(H,15,16)/p-1. The summed E-state index contributed by atoms with van der Waals surface area (Å²) in [5, 5.41) is 10.7. The third-order valence-corrected chi connectivity index (χ3v) is 2.92. The number of carbonyl (C=O) groups is 1. The van der Waals surface area contributed by atoms with Crippen molar-refractivity contribution in [2.45, 2.75) is 25.3 Å². The Morgan fingerprint density at radius 3 is 2.71 bits per heavy atom. The monoisotopic (exact) mass is 232 g/mol. The van der Waals surface area contributed by atoms with Crippen LogP contribution in [0.4, 0.5) is 0 Å². The number of aliphatic carboxylic acids is 1. The van der Waals surface area contributed by atoms with E-state index in [1.165, 1.54) is 0 Å². The van der Waals surface area contributed by atoms with E-state index >= 15 is 0 Å². The zero-order chi connectivity index (χ0) is 12.3. The molecule has 1 aliphatic rings. The smallest absolute Gasteiger partial charge is 0.152 e. The molecular formula is C13H14NO3-. The number of hydrogen-bond acceptors (Lipinski definition) is 4. The van der Waals surface area contributed by atoms with Gasteiger partial charge in [-0.25, -0.2) is 0 Å². The summed E-state index contributed by atoms with van der Waals surface area (Å²) < 4.78 is 0. The number of carboxylic acids is 1. The van der Waals surface area contributed by atoms with Crippen LogP contribution in [0.5, 0.6) is 0 Å². The molecule has 4 nitrogen and oxygen atoms in total. The van der Waals surface area contributed by atoms with Gasteiger partial charge in [-0.3, -0.25) is 0 Å². The van der Waals surface area contributed by atoms with Gasteiger partial charge in [0.05, 0.1) is 5.54 Å². The quantitative estimate of drug-likeness (QED) is 0.836. The zero-order valence-corrected chi connectivity index (χ0v) is 9.60. The lowest BCUT2D eigenvalue weighted by Gasteiger charge is -2.24. The minimum Gasteiger partial charge on any atom is -0.550 e. The fourth-order valence-corrected chi connectivity index (χ4v) is 1.86. The Hall–Kier alpha value is -1.81. The summed E-state index contributed by atoms with van der Waals surface area (Å²) in [6.45, 7) is 1.91. The Morgan fingerprint density at radius 1 is 1.41 bits per heavy atom. The summed E-state index contributed by atoms with van der Waals surface area (Å²) in [4.78, 5) is 16.1. The van der Waals surface area contributed by atoms with Crippen LogP contribution in [-0.2, 0) is 9.63 Å². The van der Waals surface area contributed by atoms with Gasteiger partial charge < -0.3 is 14.7 Å². The van der Waals surface area contributed by atoms with Crippen LogP contribution in [0.2, 0.25) is 0 Å². The van der Waals surface area contributed by atoms with Crippen molar-refractivity contribution in [1.82, 2.24) is 5.48 Å². The Bertz CT molecular complexity index is 441. The molecule has 1 aromatic carbocycles. The van der Waals surface area contributed by atoms with E-state index in [-0.39, 0.29) is 6.42 Å². The molecule has 2 rings (SSSR count). The summed E-state index contributed by atoms with van der Waals surface area (Å²) in [6.07, 6.45) is 2.34. The predicted molar refractivity (Wildman–Crippen MR) is 61.3 cm³/mol. The predicted octanol–water partition coefficient (Wildman–Crippen LogP) is 0.851. The van der Waals surface area contributed by atoms with Crippen LogP contribution in [0, 0.1) is 0 Å². The average Bonchev–Trinajstić information content (AvgIpc) is 2.74. The Labute approximate surface area is 99.9 Å². The fraction of sp³-hybridized carbons (Fsp3) is 0.308. The highest BCUT2D eigenvalue weighted by molar-refractivity contribution is 5.70. The number of rotatable bonds is 4. The molecule has 17 heavy (non-hydrogen) atoms. The van der Waals surface area contributed by atoms with Crippen molar-refractivity contribution in [3.8, 4) is 0 Å². The van der Waals surface area contributed by atoms with Crippen molar-refractivity contribution in [2.24, 2.45) is 0 Å². The number of hydrogen-bond donors (Lipinski definition) is 1. The van der Waals surface area contributed by atoms with Crippen LogP contribution in [0.3, 0.4) is 0 Å². The Balaban J connectivity index is 2.25. The third kappa shape index (κ3) is 2.47. The van der Waals surface area contributed by atoms with Crippen molar-refractivity contribution in [3.63, 3.8) is 0 Å². The number of carboxylic acid groups (broad SMARTS) is 1. The van der Waals surface area contributed by atoms with E-state index in [9.17, 15) is 9.90 Å². The highest BCUT2D eigenvalue weighted by Crippen LogP contribution is 2.30. The van der Waals surface area contributed by atoms with Crippen LogP contribution in [-0.4, -0.2) is 11.5 Å². The summed E-state index contributed by atoms with van der Waals surface area (Å²) >= 11 is 0. The van der Waals surface area contributed by atoms with Crippen LogP contribution in [0.25, 0.3) is 5.76 Å². The molecule has 0 radical (unpaired) electrons. The summed E-state index contributed by atoms with van der Waals surface area (Å²) in [7, 11) is 0. The molecule has 0 aliphatic carbocycles. The molecule has 0 saturated carbocycles. The Morgan fingerprint density at radius 2 is 2.12 bits per heavy atom. The lowest BCUT2D eigenvalue weighted by atomic mass is 9.92. The Kier molecular flexibility index (Phi) is 3.15. The van der Waals surface area contributed by atoms with Crippen molar-refractivity contribution in [3.05, 3.63) is 42.0 Å². The van der Waals surface area contributed by atoms with E-state index in [1.54, 1.807) is 0 Å². The van der Waals surface area contributed by atoms with Gasteiger partial charge in [0.1, 0.15) is 0 Å². The second-order valence-corrected chi connectivity index (χ2v) is 4.14. The molecule has 0 aromatic heterocycles. The molecule has 1 aliphatic heterocycles. The maximum absolute atomic E-state index is 10.7. The fourth-order valence-electron chi connectivity index (χ4n) is 1.86. The molecule has 1 N–H and O–H groups in total. The summed E-state index contributed by atoms with van der Waals surface area (Å²) in [6, 6.07) is 9.56. The molecule has 1 atom stereocenters. The molecule has 0 fully saturated rings. The molecule has 1 heterocycles. The molecule has 0 saturated heterocycles. The maximum atomic E-state index is 10.7. The number of hydroxylamine groups is 1. The van der Waals surface area contributed by atoms with Gasteiger partial charge in [0.15, 0.2) is 5.76 Å². The van der Waals surface area contributed by atoms with Gasteiger partial charge in [-0.05, 0) is 12.5 Å². The highest BCUT2D eigenvalue weighted by atomic mass is 16.7. The van der Waals surface area contributed by atoms with Gasteiger partial charge in [-0.15, -0.1) is 5.48 Å². The van der Waals surface area contributed by atoms with Crippen molar-refractivity contribution >= 4 is 11.7 Å². The van der Waals surface area contributed by atoms with E-state index in [0.29, 0.717) is 12.2 Å². The molecule has 1 unspecified atom stereocenters. The largest absolute Gasteiger partial charge is 0.550 e. The van der Waals surface area contributed by atoms with Crippen molar-refractivity contribution in [2.75, 3.05) is 0 Å². The molecular weight excluding hydrogens is 218 g/mol. The molecule has 0 bridgehead atoms. The maximum Gasteiger partial charge on any atom is 0.152 e. The highest BCUT2D eigenvalue weighted by Gasteiger charge is 2.33.